The van der Waals surface area contributed by atoms with Gasteiger partial charge in [0.15, 0.2) is 17.3 Å². The second-order valence-corrected chi connectivity index (χ2v) is 10.8. The number of rotatable bonds is 7. The summed E-state index contributed by atoms with van der Waals surface area (Å²) in [5, 5.41) is 6.79. The van der Waals surface area contributed by atoms with Crippen molar-refractivity contribution in [3.63, 3.8) is 0 Å². The Morgan fingerprint density at radius 1 is 1.00 bits per heavy atom. The van der Waals surface area contributed by atoms with Crippen molar-refractivity contribution in [3.8, 4) is 23.1 Å². The van der Waals surface area contributed by atoms with E-state index in [0.717, 1.165) is 15.4 Å². The highest BCUT2D eigenvalue weighted by molar-refractivity contribution is 9.10. The standard InChI is InChI=1S/C31H20BrCl2N3O4/c1-39-27-15-21(32)13-20(29(27)40-17-18-10-11-23(33)24(34)12-18)16-35-37-30(28-14-19-6-2-5-9-26(19)41-28)36-25-8-4-3-7-22(25)31(37)38/h2-16H,17H2,1H3. The molecule has 0 atom stereocenters. The number of halogens is 3. The molecule has 0 saturated heterocycles. The minimum Gasteiger partial charge on any atom is -0.493 e. The molecule has 10 heteroatoms. The van der Waals surface area contributed by atoms with Gasteiger partial charge in [-0.3, -0.25) is 4.79 Å². The number of benzene rings is 4. The fourth-order valence-corrected chi connectivity index (χ4v) is 5.15. The zero-order chi connectivity index (χ0) is 28.5. The van der Waals surface area contributed by atoms with Crippen LogP contribution in [-0.4, -0.2) is 23.0 Å². The molecular weight excluding hydrogens is 629 g/mol. The molecule has 2 heterocycles. The van der Waals surface area contributed by atoms with Gasteiger partial charge in [0.05, 0.1) is 34.3 Å². The van der Waals surface area contributed by atoms with Gasteiger partial charge in [-0.1, -0.05) is 75.5 Å². The first-order valence-corrected chi connectivity index (χ1v) is 14.0. The highest BCUT2D eigenvalue weighted by Crippen LogP contribution is 2.35. The van der Waals surface area contributed by atoms with Crippen LogP contribution in [0, 0.1) is 0 Å². The molecule has 0 saturated carbocycles. The van der Waals surface area contributed by atoms with E-state index in [-0.39, 0.29) is 18.0 Å². The highest BCUT2D eigenvalue weighted by atomic mass is 79.9. The fourth-order valence-electron chi connectivity index (χ4n) is 4.38. The molecule has 6 rings (SSSR count). The smallest absolute Gasteiger partial charge is 0.282 e. The minimum absolute atomic E-state index is 0.192. The van der Waals surface area contributed by atoms with E-state index in [1.807, 2.05) is 48.5 Å². The second kappa shape index (κ2) is 11.4. The number of methoxy groups -OCH3 is 1. The SMILES string of the molecule is COc1cc(Br)cc(C=Nn2c(-c3cc4ccccc4o3)nc3ccccc3c2=O)c1OCc1ccc(Cl)c(Cl)c1. The van der Waals surface area contributed by atoms with Crippen LogP contribution in [0.2, 0.25) is 10.0 Å². The summed E-state index contributed by atoms with van der Waals surface area (Å²) in [7, 11) is 1.55. The third-order valence-corrected chi connectivity index (χ3v) is 7.54. The first-order chi connectivity index (χ1) is 19.9. The number of fused-ring (bicyclic) bond motifs is 2. The predicted octanol–water partition coefficient (Wildman–Crippen LogP) is 8.35. The number of ether oxygens (including phenoxy) is 2. The van der Waals surface area contributed by atoms with Crippen molar-refractivity contribution in [1.29, 1.82) is 0 Å². The summed E-state index contributed by atoms with van der Waals surface area (Å²) in [5.74, 6) is 1.58. The van der Waals surface area contributed by atoms with Gasteiger partial charge in [-0.15, -0.1) is 0 Å². The van der Waals surface area contributed by atoms with Crippen LogP contribution in [0.4, 0.5) is 0 Å². The molecule has 4 aromatic carbocycles. The van der Waals surface area contributed by atoms with E-state index in [1.165, 1.54) is 10.9 Å². The quantitative estimate of drug-likeness (QED) is 0.163. The molecule has 7 nitrogen and oxygen atoms in total. The van der Waals surface area contributed by atoms with E-state index < -0.39 is 0 Å². The first kappa shape index (κ1) is 27.1. The van der Waals surface area contributed by atoms with Crippen molar-refractivity contribution in [2.75, 3.05) is 7.11 Å². The van der Waals surface area contributed by atoms with Crippen LogP contribution in [0.15, 0.2) is 104 Å². The topological polar surface area (TPSA) is 78.9 Å². The van der Waals surface area contributed by atoms with Gasteiger partial charge in [0.1, 0.15) is 12.2 Å². The monoisotopic (exact) mass is 647 g/mol. The maximum atomic E-state index is 13.7. The molecule has 0 aliphatic carbocycles. The van der Waals surface area contributed by atoms with Crippen LogP contribution in [0.25, 0.3) is 33.5 Å². The lowest BCUT2D eigenvalue weighted by atomic mass is 10.2. The second-order valence-electron chi connectivity index (χ2n) is 9.03. The van der Waals surface area contributed by atoms with Gasteiger partial charge in [-0.25, -0.2) is 4.98 Å². The van der Waals surface area contributed by atoms with Gasteiger partial charge in [0, 0.05) is 15.4 Å². The molecule has 0 fully saturated rings. The zero-order valence-corrected chi connectivity index (χ0v) is 24.6. The average molecular weight is 649 g/mol. The Bertz CT molecular complexity index is 1990. The Morgan fingerprint density at radius 2 is 1.80 bits per heavy atom. The van der Waals surface area contributed by atoms with E-state index in [9.17, 15) is 4.79 Å². The van der Waals surface area contributed by atoms with Gasteiger partial charge < -0.3 is 13.9 Å². The Kier molecular flexibility index (Phi) is 7.53. The summed E-state index contributed by atoms with van der Waals surface area (Å²) in [6.07, 6.45) is 1.53. The van der Waals surface area contributed by atoms with Gasteiger partial charge in [-0.2, -0.15) is 9.78 Å². The number of hydrogen-bond donors (Lipinski definition) is 0. The molecule has 2 aromatic heterocycles. The molecule has 204 valence electrons. The van der Waals surface area contributed by atoms with E-state index in [1.54, 1.807) is 43.5 Å². The molecular formula is C31H20BrCl2N3O4. The predicted molar refractivity (Wildman–Crippen MR) is 166 cm³/mol. The molecule has 0 amide bonds. The summed E-state index contributed by atoms with van der Waals surface area (Å²) >= 11 is 15.8. The van der Waals surface area contributed by atoms with E-state index in [4.69, 9.17) is 42.1 Å². The van der Waals surface area contributed by atoms with Crippen molar-refractivity contribution in [2.24, 2.45) is 5.10 Å². The van der Waals surface area contributed by atoms with Crippen LogP contribution in [0.1, 0.15) is 11.1 Å². The maximum Gasteiger partial charge on any atom is 0.282 e. The molecule has 0 radical (unpaired) electrons. The van der Waals surface area contributed by atoms with Crippen molar-refractivity contribution in [1.82, 2.24) is 9.66 Å². The van der Waals surface area contributed by atoms with Crippen LogP contribution in [-0.2, 0) is 6.61 Å². The lowest BCUT2D eigenvalue weighted by Crippen LogP contribution is -2.20. The van der Waals surface area contributed by atoms with Gasteiger partial charge in [0.25, 0.3) is 5.56 Å². The molecule has 0 bridgehead atoms. The molecule has 6 aromatic rings. The zero-order valence-electron chi connectivity index (χ0n) is 21.5. The van der Waals surface area contributed by atoms with E-state index in [2.05, 4.69) is 21.0 Å². The van der Waals surface area contributed by atoms with Gasteiger partial charge >= 0.3 is 0 Å². The normalized spacial score (nSPS) is 11.5. The molecule has 0 aliphatic heterocycles. The van der Waals surface area contributed by atoms with Crippen molar-refractivity contribution in [3.05, 3.63) is 121 Å². The molecule has 0 aliphatic rings. The lowest BCUT2D eigenvalue weighted by Gasteiger charge is -2.14. The number of nitrogens with zero attached hydrogens (tertiary/aromatic N) is 3. The van der Waals surface area contributed by atoms with E-state index >= 15 is 0 Å². The van der Waals surface area contributed by atoms with Gasteiger partial charge in [0.2, 0.25) is 5.82 Å². The van der Waals surface area contributed by atoms with E-state index in [0.29, 0.717) is 49.4 Å². The van der Waals surface area contributed by atoms with Crippen molar-refractivity contribution in [2.45, 2.75) is 6.61 Å². The van der Waals surface area contributed by atoms with Crippen LogP contribution >= 0.6 is 39.1 Å². The molecule has 0 N–H and O–H groups in total. The van der Waals surface area contributed by atoms with Crippen molar-refractivity contribution < 1.29 is 13.9 Å². The summed E-state index contributed by atoms with van der Waals surface area (Å²) in [5.41, 5.74) is 2.24. The lowest BCUT2D eigenvalue weighted by molar-refractivity contribution is 0.284. The third kappa shape index (κ3) is 5.46. The number of para-hydroxylation sites is 2. The number of hydrogen-bond acceptors (Lipinski definition) is 6. The first-order valence-electron chi connectivity index (χ1n) is 12.4. The summed E-state index contributed by atoms with van der Waals surface area (Å²) in [4.78, 5) is 18.4. The average Bonchev–Trinajstić information content (AvgIpc) is 3.42. The largest absolute Gasteiger partial charge is 0.493 e. The molecule has 41 heavy (non-hydrogen) atoms. The number of aromatic nitrogens is 2. The maximum absolute atomic E-state index is 13.7. The number of furan rings is 1. The Hall–Kier alpha value is -4.11. The third-order valence-electron chi connectivity index (χ3n) is 6.35. The fraction of sp³-hybridized carbons (Fsp3) is 0.0645. The summed E-state index contributed by atoms with van der Waals surface area (Å²) < 4.78 is 19.8. The molecule has 0 spiro atoms. The van der Waals surface area contributed by atoms with Crippen molar-refractivity contribution >= 4 is 67.2 Å². The molecule has 0 unspecified atom stereocenters. The Balaban J connectivity index is 1.46. The van der Waals surface area contributed by atoms with Crippen LogP contribution in [0.3, 0.4) is 0 Å². The highest BCUT2D eigenvalue weighted by Gasteiger charge is 2.18. The van der Waals surface area contributed by atoms with Gasteiger partial charge in [-0.05, 0) is 54.1 Å². The summed E-state index contributed by atoms with van der Waals surface area (Å²) in [6, 6.07) is 25.4. The van der Waals surface area contributed by atoms with Crippen LogP contribution < -0.4 is 15.0 Å². The van der Waals surface area contributed by atoms with Crippen LogP contribution in [0.5, 0.6) is 11.5 Å². The Labute approximate surface area is 252 Å². The minimum atomic E-state index is -0.345. The Morgan fingerprint density at radius 3 is 2.61 bits per heavy atom. The summed E-state index contributed by atoms with van der Waals surface area (Å²) in [6.45, 7) is 0.192.